The summed E-state index contributed by atoms with van der Waals surface area (Å²) in [4.78, 5) is 31.4. The molecular formula is C23H21N3O3. The second-order valence-corrected chi connectivity index (χ2v) is 6.48. The monoisotopic (exact) mass is 387 g/mol. The quantitative estimate of drug-likeness (QED) is 0.474. The zero-order valence-corrected chi connectivity index (χ0v) is 16.4. The second kappa shape index (κ2) is 8.98. The van der Waals surface area contributed by atoms with Crippen LogP contribution in [-0.2, 0) is 16.0 Å². The van der Waals surface area contributed by atoms with Gasteiger partial charge in [0.2, 0.25) is 0 Å². The summed E-state index contributed by atoms with van der Waals surface area (Å²) in [5, 5.41) is 9.75. The van der Waals surface area contributed by atoms with E-state index < -0.39 is 18.5 Å². The first kappa shape index (κ1) is 20.0. The van der Waals surface area contributed by atoms with E-state index in [-0.39, 0.29) is 6.54 Å². The molecule has 2 aromatic carbocycles. The van der Waals surface area contributed by atoms with Crippen molar-refractivity contribution >= 4 is 28.5 Å². The Hall–Kier alpha value is -3.72. The maximum absolute atomic E-state index is 12.9. The zero-order valence-electron chi connectivity index (χ0n) is 16.4. The smallest absolute Gasteiger partial charge is 0.339 e. The van der Waals surface area contributed by atoms with Crippen molar-refractivity contribution in [2.24, 2.45) is 0 Å². The lowest BCUT2D eigenvalue weighted by atomic mass is 10.0. The van der Waals surface area contributed by atoms with E-state index in [1.807, 2.05) is 50.2 Å². The van der Waals surface area contributed by atoms with Crippen LogP contribution in [0.3, 0.4) is 0 Å². The number of esters is 1. The lowest BCUT2D eigenvalue weighted by molar-refractivity contribution is -0.121. The summed E-state index contributed by atoms with van der Waals surface area (Å²) in [7, 11) is 0. The molecule has 0 spiro atoms. The Morgan fingerprint density at radius 2 is 1.79 bits per heavy atom. The third kappa shape index (κ3) is 4.25. The standard InChI is InChI=1S/C23H21N3O3/c1-3-19-16(2)22(18-11-7-8-12-20(18)25-19)23(28)29-15-21(27)26(14-13-24)17-9-5-4-6-10-17/h4-12H,3,14-15H2,1-2H3. The molecule has 0 atom stereocenters. The number of ether oxygens (including phenoxy) is 1. The fraction of sp³-hybridized carbons (Fsp3) is 0.217. The number of benzene rings is 2. The summed E-state index contributed by atoms with van der Waals surface area (Å²) in [5.74, 6) is -1.04. The highest BCUT2D eigenvalue weighted by atomic mass is 16.5. The van der Waals surface area contributed by atoms with Gasteiger partial charge < -0.3 is 4.74 Å². The third-order valence-electron chi connectivity index (χ3n) is 4.70. The molecule has 0 fully saturated rings. The molecule has 0 N–H and O–H groups in total. The van der Waals surface area contributed by atoms with Crippen LogP contribution >= 0.6 is 0 Å². The van der Waals surface area contributed by atoms with Crippen LogP contribution in [0.25, 0.3) is 10.9 Å². The van der Waals surface area contributed by atoms with Gasteiger partial charge in [0.25, 0.3) is 5.91 Å². The molecule has 146 valence electrons. The molecule has 0 bridgehead atoms. The number of fused-ring (bicyclic) bond motifs is 1. The van der Waals surface area contributed by atoms with Crippen molar-refractivity contribution in [1.29, 1.82) is 5.26 Å². The van der Waals surface area contributed by atoms with Crippen molar-refractivity contribution < 1.29 is 14.3 Å². The van der Waals surface area contributed by atoms with E-state index in [9.17, 15) is 9.59 Å². The Morgan fingerprint density at radius 3 is 2.48 bits per heavy atom. The highest BCUT2D eigenvalue weighted by molar-refractivity contribution is 6.06. The van der Waals surface area contributed by atoms with Gasteiger partial charge in [0.05, 0.1) is 17.1 Å². The molecule has 1 amide bonds. The molecule has 0 aliphatic heterocycles. The van der Waals surface area contributed by atoms with Crippen molar-refractivity contribution in [3.05, 3.63) is 71.4 Å². The zero-order chi connectivity index (χ0) is 20.8. The normalized spacial score (nSPS) is 10.4. The summed E-state index contributed by atoms with van der Waals surface area (Å²) in [6.07, 6.45) is 0.680. The van der Waals surface area contributed by atoms with Gasteiger partial charge in [-0.05, 0) is 37.1 Å². The molecule has 0 saturated heterocycles. The molecule has 0 radical (unpaired) electrons. The molecule has 3 aromatic rings. The maximum atomic E-state index is 12.9. The Balaban J connectivity index is 1.85. The van der Waals surface area contributed by atoms with Gasteiger partial charge in [-0.3, -0.25) is 14.7 Å². The van der Waals surface area contributed by atoms with Gasteiger partial charge >= 0.3 is 5.97 Å². The first-order chi connectivity index (χ1) is 14.1. The Morgan fingerprint density at radius 1 is 1.10 bits per heavy atom. The molecule has 0 aliphatic rings. The number of carbonyl (C=O) groups excluding carboxylic acids is 2. The highest BCUT2D eigenvalue weighted by Gasteiger charge is 2.22. The Labute approximate surface area is 169 Å². The number of hydrogen-bond donors (Lipinski definition) is 0. The number of pyridine rings is 1. The van der Waals surface area contributed by atoms with Crippen molar-refractivity contribution in [2.45, 2.75) is 20.3 Å². The molecule has 6 heteroatoms. The molecule has 0 unspecified atom stereocenters. The first-order valence-corrected chi connectivity index (χ1v) is 9.34. The summed E-state index contributed by atoms with van der Waals surface area (Å²) in [6.45, 7) is 3.23. The van der Waals surface area contributed by atoms with E-state index in [1.165, 1.54) is 4.90 Å². The number of aromatic nitrogens is 1. The van der Waals surface area contributed by atoms with E-state index in [1.54, 1.807) is 24.3 Å². The number of carbonyl (C=O) groups is 2. The van der Waals surface area contributed by atoms with Crippen LogP contribution in [-0.4, -0.2) is 30.0 Å². The molecule has 0 aliphatic carbocycles. The molecule has 3 rings (SSSR count). The minimum atomic E-state index is -0.575. The highest BCUT2D eigenvalue weighted by Crippen LogP contribution is 2.24. The van der Waals surface area contributed by atoms with Crippen molar-refractivity contribution in [1.82, 2.24) is 4.98 Å². The minimum Gasteiger partial charge on any atom is -0.452 e. The fourth-order valence-corrected chi connectivity index (χ4v) is 3.24. The Bertz CT molecular complexity index is 1090. The lowest BCUT2D eigenvalue weighted by Gasteiger charge is -2.20. The SMILES string of the molecule is CCc1nc2ccccc2c(C(=O)OCC(=O)N(CC#N)c2ccccc2)c1C. The van der Waals surface area contributed by atoms with Gasteiger partial charge in [0.1, 0.15) is 6.54 Å². The molecule has 1 aromatic heterocycles. The second-order valence-electron chi connectivity index (χ2n) is 6.48. The van der Waals surface area contributed by atoms with Crippen LogP contribution in [0.5, 0.6) is 0 Å². The van der Waals surface area contributed by atoms with Crippen LogP contribution in [0.15, 0.2) is 54.6 Å². The van der Waals surface area contributed by atoms with Crippen LogP contribution in [0.1, 0.15) is 28.5 Å². The van der Waals surface area contributed by atoms with Gasteiger partial charge in [-0.25, -0.2) is 4.79 Å². The lowest BCUT2D eigenvalue weighted by Crippen LogP contribution is -2.35. The summed E-state index contributed by atoms with van der Waals surface area (Å²) in [6, 6.07) is 18.2. The predicted octanol–water partition coefficient (Wildman–Crippen LogP) is 3.82. The van der Waals surface area contributed by atoms with Crippen LogP contribution in [0.4, 0.5) is 5.69 Å². The number of aryl methyl sites for hydroxylation is 1. The summed E-state index contributed by atoms with van der Waals surface area (Å²) < 4.78 is 5.36. The summed E-state index contributed by atoms with van der Waals surface area (Å²) >= 11 is 0. The largest absolute Gasteiger partial charge is 0.452 e. The molecule has 1 heterocycles. The predicted molar refractivity (Wildman–Crippen MR) is 111 cm³/mol. The number of hydrogen-bond acceptors (Lipinski definition) is 5. The van der Waals surface area contributed by atoms with Crippen LogP contribution < -0.4 is 4.90 Å². The van der Waals surface area contributed by atoms with E-state index in [4.69, 9.17) is 10.00 Å². The average Bonchev–Trinajstić information content (AvgIpc) is 2.75. The number of nitrogens with zero attached hydrogens (tertiary/aromatic N) is 3. The minimum absolute atomic E-state index is 0.127. The fourth-order valence-electron chi connectivity index (χ4n) is 3.24. The average molecular weight is 387 g/mol. The molecular weight excluding hydrogens is 366 g/mol. The first-order valence-electron chi connectivity index (χ1n) is 9.34. The number of rotatable bonds is 6. The third-order valence-corrected chi connectivity index (χ3v) is 4.70. The van der Waals surface area contributed by atoms with Crippen molar-refractivity contribution in [3.63, 3.8) is 0 Å². The van der Waals surface area contributed by atoms with Crippen LogP contribution in [0.2, 0.25) is 0 Å². The number of para-hydroxylation sites is 2. The number of amides is 1. The van der Waals surface area contributed by atoms with Gasteiger partial charge in [0, 0.05) is 16.8 Å². The van der Waals surface area contributed by atoms with E-state index in [2.05, 4.69) is 4.98 Å². The number of anilines is 1. The van der Waals surface area contributed by atoms with Gasteiger partial charge in [-0.15, -0.1) is 0 Å². The molecule has 29 heavy (non-hydrogen) atoms. The maximum Gasteiger partial charge on any atom is 0.339 e. The van der Waals surface area contributed by atoms with Crippen LogP contribution in [0, 0.1) is 18.3 Å². The summed E-state index contributed by atoms with van der Waals surface area (Å²) in [5.41, 5.74) is 3.28. The van der Waals surface area contributed by atoms with Crippen molar-refractivity contribution in [3.8, 4) is 6.07 Å². The van der Waals surface area contributed by atoms with E-state index in [0.717, 1.165) is 11.3 Å². The molecule has 6 nitrogen and oxygen atoms in total. The van der Waals surface area contributed by atoms with Gasteiger partial charge in [0.15, 0.2) is 6.61 Å². The molecule has 0 saturated carbocycles. The Kier molecular flexibility index (Phi) is 6.20. The van der Waals surface area contributed by atoms with Gasteiger partial charge in [-0.1, -0.05) is 43.3 Å². The number of nitriles is 1. The van der Waals surface area contributed by atoms with E-state index >= 15 is 0 Å². The topological polar surface area (TPSA) is 83.3 Å². The van der Waals surface area contributed by atoms with Crippen molar-refractivity contribution in [2.75, 3.05) is 18.1 Å². The van der Waals surface area contributed by atoms with E-state index in [0.29, 0.717) is 28.6 Å². The van der Waals surface area contributed by atoms with Gasteiger partial charge in [-0.2, -0.15) is 5.26 Å².